The molecule has 1 atom stereocenters. The summed E-state index contributed by atoms with van der Waals surface area (Å²) < 4.78 is 24.9. The molecule has 0 aliphatic heterocycles. The summed E-state index contributed by atoms with van der Waals surface area (Å²) in [5.74, 6) is -2.45. The highest BCUT2D eigenvalue weighted by molar-refractivity contribution is 5.83. The first-order valence-corrected chi connectivity index (χ1v) is 3.93. The Labute approximate surface area is 76.7 Å². The van der Waals surface area contributed by atoms with Crippen molar-refractivity contribution in [3.63, 3.8) is 0 Å². The van der Waals surface area contributed by atoms with Crippen molar-refractivity contribution in [3.8, 4) is 12.3 Å². The van der Waals surface area contributed by atoms with Gasteiger partial charge in [-0.15, -0.1) is 6.42 Å². The predicted octanol–water partition coefficient (Wildman–Crippen LogP) is 1.56. The zero-order valence-electron chi connectivity index (χ0n) is 7.95. The molecule has 0 aliphatic rings. The summed E-state index contributed by atoms with van der Waals surface area (Å²) >= 11 is 0. The van der Waals surface area contributed by atoms with Crippen molar-refractivity contribution in [2.75, 3.05) is 0 Å². The van der Waals surface area contributed by atoms with Crippen molar-refractivity contribution >= 4 is 5.91 Å². The van der Waals surface area contributed by atoms with Gasteiger partial charge in [0.1, 0.15) is 0 Å². The minimum atomic E-state index is -3.38. The van der Waals surface area contributed by atoms with E-state index in [1.54, 1.807) is 6.92 Å². The van der Waals surface area contributed by atoms with Gasteiger partial charge in [0.05, 0.1) is 5.54 Å². The maximum Gasteiger partial charge on any atom is 0.321 e. The molecule has 0 aromatic carbocycles. The van der Waals surface area contributed by atoms with Crippen molar-refractivity contribution in [3.05, 3.63) is 0 Å². The monoisotopic (exact) mass is 189 g/mol. The second kappa shape index (κ2) is 3.73. The van der Waals surface area contributed by atoms with E-state index in [-0.39, 0.29) is 0 Å². The summed E-state index contributed by atoms with van der Waals surface area (Å²) in [5, 5.41) is 2.11. The van der Waals surface area contributed by atoms with Crippen LogP contribution in [-0.4, -0.2) is 17.4 Å². The molecule has 0 aromatic rings. The van der Waals surface area contributed by atoms with Gasteiger partial charge >= 0.3 is 5.92 Å². The predicted molar refractivity (Wildman–Crippen MR) is 46.3 cm³/mol. The quantitative estimate of drug-likeness (QED) is 0.671. The molecule has 0 saturated carbocycles. The summed E-state index contributed by atoms with van der Waals surface area (Å²) in [5.41, 5.74) is -0.990. The maximum atomic E-state index is 12.4. The molecule has 0 radical (unpaired) electrons. The third-order valence-electron chi connectivity index (χ3n) is 1.81. The molecule has 0 aromatic heterocycles. The fourth-order valence-electron chi connectivity index (χ4n) is 0.587. The number of hydrogen-bond acceptors (Lipinski definition) is 1. The molecule has 0 spiro atoms. The molecule has 2 nitrogen and oxygen atoms in total. The van der Waals surface area contributed by atoms with Crippen LogP contribution in [0.4, 0.5) is 8.78 Å². The van der Waals surface area contributed by atoms with Gasteiger partial charge in [0.2, 0.25) is 0 Å². The number of hydrogen-bond donors (Lipinski definition) is 1. The summed E-state index contributed by atoms with van der Waals surface area (Å²) in [6, 6.07) is 0. The lowest BCUT2D eigenvalue weighted by atomic mass is 10.00. The van der Waals surface area contributed by atoms with Crippen LogP contribution in [0.3, 0.4) is 0 Å². The minimum absolute atomic E-state index is 0.408. The Bertz CT molecular complexity index is 239. The van der Waals surface area contributed by atoms with Crippen LogP contribution >= 0.6 is 0 Å². The van der Waals surface area contributed by atoms with Crippen LogP contribution in [0, 0.1) is 12.3 Å². The fourth-order valence-corrected chi connectivity index (χ4v) is 0.587. The smallest absolute Gasteiger partial charge is 0.321 e. The topological polar surface area (TPSA) is 29.1 Å². The number of halogens is 2. The van der Waals surface area contributed by atoms with Gasteiger partial charge in [0.25, 0.3) is 5.91 Å². The number of terminal acetylenes is 1. The SMILES string of the molecule is C#CC(C)(CC)NC(=O)C(C)(F)F. The van der Waals surface area contributed by atoms with E-state index in [9.17, 15) is 13.6 Å². The van der Waals surface area contributed by atoms with E-state index >= 15 is 0 Å². The molecule has 0 rings (SSSR count). The fraction of sp³-hybridized carbons (Fsp3) is 0.667. The Hall–Kier alpha value is -1.11. The lowest BCUT2D eigenvalue weighted by molar-refractivity contribution is -0.144. The van der Waals surface area contributed by atoms with Gasteiger partial charge in [0, 0.05) is 6.92 Å². The second-order valence-electron chi connectivity index (χ2n) is 3.17. The van der Waals surface area contributed by atoms with Gasteiger partial charge in [-0.1, -0.05) is 12.8 Å². The summed E-state index contributed by atoms with van der Waals surface area (Å²) in [6.45, 7) is 3.78. The van der Waals surface area contributed by atoms with Gasteiger partial charge in [-0.25, -0.2) is 0 Å². The Morgan fingerprint density at radius 3 is 2.23 bits per heavy atom. The molecule has 13 heavy (non-hydrogen) atoms. The third-order valence-corrected chi connectivity index (χ3v) is 1.81. The highest BCUT2D eigenvalue weighted by Gasteiger charge is 2.36. The summed E-state index contributed by atoms with van der Waals surface area (Å²) in [4.78, 5) is 10.8. The normalized spacial score (nSPS) is 15.7. The van der Waals surface area contributed by atoms with Crippen LogP contribution in [0.15, 0.2) is 0 Å². The Morgan fingerprint density at radius 2 is 2.00 bits per heavy atom. The van der Waals surface area contributed by atoms with E-state index in [0.29, 0.717) is 13.3 Å². The average Bonchev–Trinajstić information content (AvgIpc) is 2.02. The number of amides is 1. The number of rotatable bonds is 3. The molecule has 4 heteroatoms. The van der Waals surface area contributed by atoms with Gasteiger partial charge in [-0.3, -0.25) is 4.79 Å². The summed E-state index contributed by atoms with van der Waals surface area (Å²) in [7, 11) is 0. The van der Waals surface area contributed by atoms with Crippen molar-refractivity contribution in [1.29, 1.82) is 0 Å². The third kappa shape index (κ3) is 3.41. The molecular weight excluding hydrogens is 176 g/mol. The van der Waals surface area contributed by atoms with E-state index in [2.05, 4.69) is 11.2 Å². The summed E-state index contributed by atoms with van der Waals surface area (Å²) in [6.07, 6.45) is 5.51. The van der Waals surface area contributed by atoms with Crippen LogP contribution < -0.4 is 5.32 Å². The Kier molecular flexibility index (Phi) is 3.42. The van der Waals surface area contributed by atoms with Crippen LogP contribution in [0.1, 0.15) is 27.2 Å². The van der Waals surface area contributed by atoms with Gasteiger partial charge in [-0.05, 0) is 13.3 Å². The van der Waals surface area contributed by atoms with Crippen LogP contribution in [-0.2, 0) is 4.79 Å². The maximum absolute atomic E-state index is 12.4. The standard InChI is InChI=1S/C9H13F2NO/c1-5-8(3,6-2)12-7(13)9(4,10)11/h1H,6H2,2-4H3,(H,12,13). The average molecular weight is 189 g/mol. The van der Waals surface area contributed by atoms with E-state index in [0.717, 1.165) is 0 Å². The van der Waals surface area contributed by atoms with Gasteiger partial charge in [-0.2, -0.15) is 8.78 Å². The van der Waals surface area contributed by atoms with Crippen molar-refractivity contribution in [2.24, 2.45) is 0 Å². The highest BCUT2D eigenvalue weighted by Crippen LogP contribution is 2.15. The molecule has 0 heterocycles. The molecule has 0 bridgehead atoms. The van der Waals surface area contributed by atoms with Crippen molar-refractivity contribution in [2.45, 2.75) is 38.7 Å². The molecule has 0 saturated heterocycles. The second-order valence-corrected chi connectivity index (χ2v) is 3.17. The molecule has 0 fully saturated rings. The molecular formula is C9H13F2NO. The van der Waals surface area contributed by atoms with Gasteiger partial charge in [0.15, 0.2) is 0 Å². The number of carbonyl (C=O) groups is 1. The van der Waals surface area contributed by atoms with Crippen LogP contribution in [0.2, 0.25) is 0 Å². The zero-order valence-corrected chi connectivity index (χ0v) is 7.95. The molecule has 1 N–H and O–H groups in total. The molecule has 1 unspecified atom stereocenters. The number of carbonyl (C=O) groups excluding carboxylic acids is 1. The highest BCUT2D eigenvalue weighted by atomic mass is 19.3. The van der Waals surface area contributed by atoms with Crippen LogP contribution in [0.5, 0.6) is 0 Å². The lowest BCUT2D eigenvalue weighted by Crippen LogP contribution is -2.50. The largest absolute Gasteiger partial charge is 0.335 e. The van der Waals surface area contributed by atoms with E-state index in [4.69, 9.17) is 6.42 Å². The van der Waals surface area contributed by atoms with Gasteiger partial charge < -0.3 is 5.32 Å². The van der Waals surface area contributed by atoms with E-state index in [1.165, 1.54) is 6.92 Å². The van der Waals surface area contributed by atoms with E-state index in [1.807, 2.05) is 0 Å². The number of nitrogens with one attached hydrogen (secondary N) is 1. The lowest BCUT2D eigenvalue weighted by Gasteiger charge is -2.25. The van der Waals surface area contributed by atoms with Crippen LogP contribution in [0.25, 0.3) is 0 Å². The first-order chi connectivity index (χ1) is 5.75. The van der Waals surface area contributed by atoms with Crippen molar-refractivity contribution < 1.29 is 13.6 Å². The molecule has 0 aliphatic carbocycles. The zero-order chi connectivity index (χ0) is 10.7. The molecule has 74 valence electrons. The van der Waals surface area contributed by atoms with E-state index < -0.39 is 17.4 Å². The first-order valence-electron chi connectivity index (χ1n) is 3.93. The Morgan fingerprint density at radius 1 is 1.54 bits per heavy atom. The van der Waals surface area contributed by atoms with Crippen molar-refractivity contribution in [1.82, 2.24) is 5.32 Å². The minimum Gasteiger partial charge on any atom is -0.335 e. The number of alkyl halides is 2. The Balaban J connectivity index is 4.47. The molecule has 1 amide bonds. The first kappa shape index (κ1) is 11.9.